The molecule has 0 N–H and O–H groups in total. The van der Waals surface area contributed by atoms with Crippen LogP contribution < -0.4 is 4.74 Å². The Bertz CT molecular complexity index is 1050. The first-order chi connectivity index (χ1) is 14.3. The Kier molecular flexibility index (Phi) is 5.17. The van der Waals surface area contributed by atoms with Crippen LogP contribution in [0.3, 0.4) is 0 Å². The number of hydrogen-bond acceptors (Lipinski definition) is 4. The summed E-state index contributed by atoms with van der Waals surface area (Å²) >= 11 is 0. The summed E-state index contributed by atoms with van der Waals surface area (Å²) in [5, 5.41) is 1.32. The summed E-state index contributed by atoms with van der Waals surface area (Å²) in [5.41, 5.74) is 3.61. The lowest BCUT2D eigenvalue weighted by atomic mass is 10.0. The molecule has 30 heavy (non-hydrogen) atoms. The molecule has 1 aliphatic heterocycles. The molecule has 1 atom stereocenters. The Hall–Kier alpha value is -3.39. The van der Waals surface area contributed by atoms with Crippen molar-refractivity contribution in [1.82, 2.24) is 10.0 Å². The zero-order chi connectivity index (χ0) is 21.3. The van der Waals surface area contributed by atoms with E-state index in [9.17, 15) is 18.0 Å². The van der Waals surface area contributed by atoms with E-state index < -0.39 is 6.36 Å². The lowest BCUT2D eigenvalue weighted by Gasteiger charge is -2.20. The number of pyridine rings is 1. The second kappa shape index (κ2) is 7.79. The van der Waals surface area contributed by atoms with Crippen LogP contribution in [0.25, 0.3) is 11.1 Å². The molecule has 0 saturated carbocycles. The minimum atomic E-state index is -4.74. The standard InChI is InChI=1S/C22H17F3N2O3/c1-14(15-8-10-26-11-9-15)30-27-13-18-3-2-17(12-20(18)21(27)28)16-4-6-19(7-5-16)29-22(23,24)25/h2-12,14H,13H2,1H3. The lowest BCUT2D eigenvalue weighted by molar-refractivity contribution is -0.274. The Morgan fingerprint density at radius 3 is 2.33 bits per heavy atom. The highest BCUT2D eigenvalue weighted by Gasteiger charge is 2.31. The largest absolute Gasteiger partial charge is 0.573 e. The predicted octanol–water partition coefficient (Wildman–Crippen LogP) is 5.30. The van der Waals surface area contributed by atoms with E-state index in [2.05, 4.69) is 9.72 Å². The Balaban J connectivity index is 1.50. The number of carbonyl (C=O) groups is 1. The Morgan fingerprint density at radius 1 is 1.00 bits per heavy atom. The molecular formula is C22H17F3N2O3. The summed E-state index contributed by atoms with van der Waals surface area (Å²) in [5.74, 6) is -0.557. The van der Waals surface area contributed by atoms with E-state index in [4.69, 9.17) is 4.84 Å². The van der Waals surface area contributed by atoms with E-state index in [1.807, 2.05) is 31.2 Å². The van der Waals surface area contributed by atoms with Crippen molar-refractivity contribution >= 4 is 5.91 Å². The van der Waals surface area contributed by atoms with Gasteiger partial charge in [0.2, 0.25) is 0 Å². The van der Waals surface area contributed by atoms with Gasteiger partial charge < -0.3 is 4.74 Å². The number of ether oxygens (including phenoxy) is 1. The van der Waals surface area contributed by atoms with Crippen LogP contribution in [0.15, 0.2) is 67.0 Å². The maximum Gasteiger partial charge on any atom is 0.573 e. The number of benzene rings is 2. The second-order valence-electron chi connectivity index (χ2n) is 6.81. The molecule has 0 aliphatic carbocycles. The maximum absolute atomic E-state index is 12.8. The Labute approximate surface area is 170 Å². The number of fused-ring (bicyclic) bond motifs is 1. The Morgan fingerprint density at radius 2 is 1.67 bits per heavy atom. The van der Waals surface area contributed by atoms with E-state index in [1.165, 1.54) is 29.3 Å². The summed E-state index contributed by atoms with van der Waals surface area (Å²) in [6, 6.07) is 14.5. The molecule has 0 radical (unpaired) electrons. The normalized spacial score (nSPS) is 14.5. The topological polar surface area (TPSA) is 51.7 Å². The first kappa shape index (κ1) is 19.9. The van der Waals surface area contributed by atoms with E-state index in [-0.39, 0.29) is 17.8 Å². The van der Waals surface area contributed by atoms with Crippen molar-refractivity contribution in [3.05, 3.63) is 83.7 Å². The van der Waals surface area contributed by atoms with Crippen LogP contribution in [0.2, 0.25) is 0 Å². The van der Waals surface area contributed by atoms with Crippen LogP contribution in [-0.4, -0.2) is 22.3 Å². The van der Waals surface area contributed by atoms with Gasteiger partial charge in [-0.3, -0.25) is 14.6 Å². The van der Waals surface area contributed by atoms with Gasteiger partial charge in [-0.05, 0) is 59.5 Å². The quantitative estimate of drug-likeness (QED) is 0.569. The third-order valence-corrected chi connectivity index (χ3v) is 4.76. The molecule has 4 rings (SSSR count). The minimum absolute atomic E-state index is 0.259. The van der Waals surface area contributed by atoms with Gasteiger partial charge in [-0.1, -0.05) is 24.3 Å². The van der Waals surface area contributed by atoms with Gasteiger partial charge in [0.1, 0.15) is 11.9 Å². The number of amides is 1. The molecule has 8 heteroatoms. The van der Waals surface area contributed by atoms with E-state index in [0.717, 1.165) is 11.1 Å². The molecule has 0 spiro atoms. The smallest absolute Gasteiger partial charge is 0.406 e. The number of nitrogens with zero attached hydrogens (tertiary/aromatic N) is 2. The highest BCUT2D eigenvalue weighted by atomic mass is 19.4. The molecule has 2 heterocycles. The fourth-order valence-corrected chi connectivity index (χ4v) is 3.27. The molecule has 1 amide bonds. The summed E-state index contributed by atoms with van der Waals surface area (Å²) < 4.78 is 40.8. The number of aromatic nitrogens is 1. The van der Waals surface area contributed by atoms with Gasteiger partial charge in [-0.15, -0.1) is 13.2 Å². The molecule has 1 unspecified atom stereocenters. The van der Waals surface area contributed by atoms with Crippen LogP contribution in [0.5, 0.6) is 5.75 Å². The average molecular weight is 414 g/mol. The number of carbonyl (C=O) groups excluding carboxylic acids is 1. The fraction of sp³-hybridized carbons (Fsp3) is 0.182. The maximum atomic E-state index is 12.8. The van der Waals surface area contributed by atoms with Crippen molar-refractivity contribution in [1.29, 1.82) is 0 Å². The number of halogens is 3. The summed E-state index contributed by atoms with van der Waals surface area (Å²) in [4.78, 5) is 22.6. The summed E-state index contributed by atoms with van der Waals surface area (Å²) in [7, 11) is 0. The molecule has 0 saturated heterocycles. The monoisotopic (exact) mass is 414 g/mol. The third kappa shape index (κ3) is 4.28. The fourth-order valence-electron chi connectivity index (χ4n) is 3.27. The summed E-state index contributed by atoms with van der Waals surface area (Å²) in [6.45, 7) is 2.17. The SMILES string of the molecule is CC(ON1Cc2ccc(-c3ccc(OC(F)(F)F)cc3)cc2C1=O)c1ccncc1. The molecule has 2 aromatic carbocycles. The molecule has 0 bridgehead atoms. The van der Waals surface area contributed by atoms with Gasteiger partial charge in [0.15, 0.2) is 0 Å². The summed E-state index contributed by atoms with van der Waals surface area (Å²) in [6.07, 6.45) is -1.75. The highest BCUT2D eigenvalue weighted by Crippen LogP contribution is 2.32. The van der Waals surface area contributed by atoms with Crippen LogP contribution in [-0.2, 0) is 11.4 Å². The predicted molar refractivity (Wildman–Crippen MR) is 102 cm³/mol. The van der Waals surface area contributed by atoms with Gasteiger partial charge in [0.05, 0.1) is 6.54 Å². The van der Waals surface area contributed by atoms with Gasteiger partial charge in [0.25, 0.3) is 5.91 Å². The first-order valence-corrected chi connectivity index (χ1v) is 9.18. The lowest BCUT2D eigenvalue weighted by Crippen LogP contribution is -2.25. The van der Waals surface area contributed by atoms with Crippen molar-refractivity contribution in [2.45, 2.75) is 25.9 Å². The van der Waals surface area contributed by atoms with Crippen molar-refractivity contribution in [3.63, 3.8) is 0 Å². The highest BCUT2D eigenvalue weighted by molar-refractivity contribution is 5.98. The molecule has 0 fully saturated rings. The zero-order valence-corrected chi connectivity index (χ0v) is 15.9. The minimum Gasteiger partial charge on any atom is -0.406 e. The molecule has 1 aliphatic rings. The van der Waals surface area contributed by atoms with Crippen molar-refractivity contribution < 1.29 is 27.5 Å². The number of hydroxylamine groups is 2. The van der Waals surface area contributed by atoms with Crippen LogP contribution >= 0.6 is 0 Å². The van der Waals surface area contributed by atoms with Gasteiger partial charge >= 0.3 is 6.36 Å². The molecule has 3 aromatic rings. The van der Waals surface area contributed by atoms with E-state index in [0.29, 0.717) is 23.2 Å². The van der Waals surface area contributed by atoms with Crippen molar-refractivity contribution in [2.75, 3.05) is 0 Å². The molecule has 5 nitrogen and oxygen atoms in total. The van der Waals surface area contributed by atoms with E-state index in [1.54, 1.807) is 18.5 Å². The van der Waals surface area contributed by atoms with Gasteiger partial charge in [-0.2, -0.15) is 0 Å². The average Bonchev–Trinajstić information content (AvgIpc) is 3.03. The molecular weight excluding hydrogens is 397 g/mol. The number of hydrogen-bond donors (Lipinski definition) is 0. The van der Waals surface area contributed by atoms with Crippen molar-refractivity contribution in [3.8, 4) is 16.9 Å². The van der Waals surface area contributed by atoms with Gasteiger partial charge in [-0.25, -0.2) is 5.06 Å². The van der Waals surface area contributed by atoms with Crippen LogP contribution in [0, 0.1) is 0 Å². The van der Waals surface area contributed by atoms with E-state index >= 15 is 0 Å². The molecule has 154 valence electrons. The van der Waals surface area contributed by atoms with Crippen LogP contribution in [0.1, 0.15) is 34.5 Å². The number of rotatable bonds is 5. The second-order valence-corrected chi connectivity index (χ2v) is 6.81. The zero-order valence-electron chi connectivity index (χ0n) is 15.9. The van der Waals surface area contributed by atoms with Crippen molar-refractivity contribution in [2.24, 2.45) is 0 Å². The first-order valence-electron chi connectivity index (χ1n) is 9.18. The van der Waals surface area contributed by atoms with Crippen LogP contribution in [0.4, 0.5) is 13.2 Å². The molecule has 1 aromatic heterocycles. The third-order valence-electron chi connectivity index (χ3n) is 4.76. The van der Waals surface area contributed by atoms with Gasteiger partial charge in [0, 0.05) is 18.0 Å². The number of alkyl halides is 3.